The van der Waals surface area contributed by atoms with Gasteiger partial charge < -0.3 is 20.3 Å². The molecule has 0 aliphatic heterocycles. The minimum Gasteiger partial charge on any atom is -0.445 e. The number of alkyl carbamates (subject to hydrolysis) is 1. The Morgan fingerprint density at radius 1 is 1.04 bits per heavy atom. The lowest BCUT2D eigenvalue weighted by atomic mass is 9.99. The lowest BCUT2D eigenvalue weighted by Crippen LogP contribution is -2.29. The first-order valence-electron chi connectivity index (χ1n) is 9.49. The summed E-state index contributed by atoms with van der Waals surface area (Å²) < 4.78 is 5.11. The molecule has 2 rings (SSSR count). The van der Waals surface area contributed by atoms with Gasteiger partial charge >= 0.3 is 6.09 Å². The Bertz CT molecular complexity index is 672. The summed E-state index contributed by atoms with van der Waals surface area (Å²) in [6.45, 7) is 2.57. The molecule has 0 spiro atoms. The SMILES string of the molecule is CCCCc1ccc(C(O)C(O)CCNC(=O)OCc2ccccc2)cc1. The molecule has 5 heteroatoms. The Kier molecular flexibility index (Phi) is 8.81. The molecule has 0 bridgehead atoms. The molecule has 2 aromatic carbocycles. The molecule has 0 heterocycles. The number of amides is 1. The quantitative estimate of drug-likeness (QED) is 0.594. The van der Waals surface area contributed by atoms with Crippen LogP contribution in [0.25, 0.3) is 0 Å². The van der Waals surface area contributed by atoms with Crippen LogP contribution >= 0.6 is 0 Å². The molecule has 27 heavy (non-hydrogen) atoms. The molecule has 5 nitrogen and oxygen atoms in total. The Hall–Kier alpha value is -2.37. The van der Waals surface area contributed by atoms with Crippen molar-refractivity contribution in [3.63, 3.8) is 0 Å². The van der Waals surface area contributed by atoms with Gasteiger partial charge in [-0.05, 0) is 36.0 Å². The fourth-order valence-corrected chi connectivity index (χ4v) is 2.74. The third-order valence-corrected chi connectivity index (χ3v) is 4.43. The highest BCUT2D eigenvalue weighted by Crippen LogP contribution is 2.20. The Labute approximate surface area is 161 Å². The number of nitrogens with one attached hydrogen (secondary N) is 1. The second-order valence-electron chi connectivity index (χ2n) is 6.63. The van der Waals surface area contributed by atoms with E-state index in [-0.39, 0.29) is 19.6 Å². The van der Waals surface area contributed by atoms with Crippen LogP contribution in [0.1, 0.15) is 49.0 Å². The summed E-state index contributed by atoms with van der Waals surface area (Å²) in [6.07, 6.45) is 1.05. The summed E-state index contributed by atoms with van der Waals surface area (Å²) >= 11 is 0. The number of benzene rings is 2. The van der Waals surface area contributed by atoms with Gasteiger partial charge in [-0.1, -0.05) is 67.9 Å². The first-order valence-corrected chi connectivity index (χ1v) is 9.49. The first-order chi connectivity index (χ1) is 13.1. The summed E-state index contributed by atoms with van der Waals surface area (Å²) in [7, 11) is 0. The number of aliphatic hydroxyl groups excluding tert-OH is 2. The van der Waals surface area contributed by atoms with Crippen molar-refractivity contribution >= 4 is 6.09 Å². The molecule has 0 fully saturated rings. The number of ether oxygens (including phenoxy) is 1. The normalized spacial score (nSPS) is 13.0. The number of hydrogen-bond acceptors (Lipinski definition) is 4. The standard InChI is InChI=1S/C22H29NO4/c1-2-3-7-17-10-12-19(13-11-17)21(25)20(24)14-15-23-22(26)27-16-18-8-5-4-6-9-18/h4-6,8-13,20-21,24-25H,2-3,7,14-16H2,1H3,(H,23,26). The molecule has 2 atom stereocenters. The summed E-state index contributed by atoms with van der Waals surface area (Å²) in [6, 6.07) is 17.1. The summed E-state index contributed by atoms with van der Waals surface area (Å²) in [5.74, 6) is 0. The van der Waals surface area contributed by atoms with E-state index in [2.05, 4.69) is 12.2 Å². The largest absolute Gasteiger partial charge is 0.445 e. The predicted molar refractivity (Wildman–Crippen MR) is 105 cm³/mol. The molecular weight excluding hydrogens is 342 g/mol. The van der Waals surface area contributed by atoms with Crippen molar-refractivity contribution in [2.45, 2.75) is 51.4 Å². The van der Waals surface area contributed by atoms with Crippen LogP contribution in [-0.2, 0) is 17.8 Å². The molecule has 0 aliphatic carbocycles. The van der Waals surface area contributed by atoms with Gasteiger partial charge in [-0.25, -0.2) is 4.79 Å². The summed E-state index contributed by atoms with van der Waals surface area (Å²) in [5, 5.41) is 23.0. The van der Waals surface area contributed by atoms with Gasteiger partial charge in [0.25, 0.3) is 0 Å². The van der Waals surface area contributed by atoms with Crippen LogP contribution in [0.4, 0.5) is 4.79 Å². The molecule has 2 unspecified atom stereocenters. The van der Waals surface area contributed by atoms with Crippen molar-refractivity contribution < 1.29 is 19.7 Å². The Balaban J connectivity index is 1.69. The van der Waals surface area contributed by atoms with Gasteiger partial charge in [0.15, 0.2) is 0 Å². The van der Waals surface area contributed by atoms with Crippen molar-refractivity contribution in [3.8, 4) is 0 Å². The fourth-order valence-electron chi connectivity index (χ4n) is 2.74. The molecule has 0 saturated carbocycles. The minimum atomic E-state index is -0.979. The highest BCUT2D eigenvalue weighted by atomic mass is 16.5. The van der Waals surface area contributed by atoms with Crippen molar-refractivity contribution in [2.24, 2.45) is 0 Å². The first kappa shape index (κ1) is 20.9. The number of carbonyl (C=O) groups is 1. The topological polar surface area (TPSA) is 78.8 Å². The zero-order valence-corrected chi connectivity index (χ0v) is 15.8. The molecule has 0 saturated heterocycles. The van der Waals surface area contributed by atoms with Crippen molar-refractivity contribution in [1.82, 2.24) is 5.32 Å². The zero-order valence-electron chi connectivity index (χ0n) is 15.8. The fraction of sp³-hybridized carbons (Fsp3) is 0.409. The van der Waals surface area contributed by atoms with E-state index in [4.69, 9.17) is 4.74 Å². The second-order valence-corrected chi connectivity index (χ2v) is 6.63. The maximum Gasteiger partial charge on any atom is 0.407 e. The third-order valence-electron chi connectivity index (χ3n) is 4.43. The number of aliphatic hydroxyl groups is 2. The van der Waals surface area contributed by atoms with Gasteiger partial charge in [0.1, 0.15) is 12.7 Å². The molecule has 0 aromatic heterocycles. The second kappa shape index (κ2) is 11.4. The van der Waals surface area contributed by atoms with Gasteiger partial charge in [0, 0.05) is 6.54 Å². The van der Waals surface area contributed by atoms with Gasteiger partial charge in [0.05, 0.1) is 6.10 Å². The van der Waals surface area contributed by atoms with E-state index in [1.807, 2.05) is 54.6 Å². The highest BCUT2D eigenvalue weighted by Gasteiger charge is 2.18. The number of aryl methyl sites for hydroxylation is 1. The molecule has 0 radical (unpaired) electrons. The number of rotatable bonds is 10. The van der Waals surface area contributed by atoms with Gasteiger partial charge in [-0.15, -0.1) is 0 Å². The van der Waals surface area contributed by atoms with E-state index in [1.54, 1.807) is 0 Å². The molecule has 2 aromatic rings. The predicted octanol–water partition coefficient (Wildman–Crippen LogP) is 3.74. The monoisotopic (exact) mass is 371 g/mol. The van der Waals surface area contributed by atoms with E-state index in [9.17, 15) is 15.0 Å². The Morgan fingerprint density at radius 2 is 1.74 bits per heavy atom. The van der Waals surface area contributed by atoms with Crippen LogP contribution in [-0.4, -0.2) is 29.0 Å². The summed E-state index contributed by atoms with van der Waals surface area (Å²) in [4.78, 5) is 11.7. The maximum atomic E-state index is 11.7. The average Bonchev–Trinajstić information content (AvgIpc) is 2.71. The summed E-state index contributed by atoms with van der Waals surface area (Å²) in [5.41, 5.74) is 2.81. The van der Waals surface area contributed by atoms with Gasteiger partial charge in [-0.3, -0.25) is 0 Å². The van der Waals surface area contributed by atoms with Crippen LogP contribution in [0.3, 0.4) is 0 Å². The van der Waals surface area contributed by atoms with E-state index < -0.39 is 18.3 Å². The van der Waals surface area contributed by atoms with Crippen molar-refractivity contribution in [1.29, 1.82) is 0 Å². The van der Waals surface area contributed by atoms with Crippen LogP contribution in [0, 0.1) is 0 Å². The third kappa shape index (κ3) is 7.41. The molecule has 0 aliphatic rings. The maximum absolute atomic E-state index is 11.7. The van der Waals surface area contributed by atoms with Crippen LogP contribution in [0.2, 0.25) is 0 Å². The lowest BCUT2D eigenvalue weighted by Gasteiger charge is -2.18. The number of unbranched alkanes of at least 4 members (excludes halogenated alkanes) is 1. The Morgan fingerprint density at radius 3 is 2.41 bits per heavy atom. The van der Waals surface area contributed by atoms with Crippen molar-refractivity contribution in [2.75, 3.05) is 6.54 Å². The highest BCUT2D eigenvalue weighted by molar-refractivity contribution is 5.67. The van der Waals surface area contributed by atoms with Gasteiger partial charge in [0.2, 0.25) is 0 Å². The minimum absolute atomic E-state index is 0.197. The van der Waals surface area contributed by atoms with Crippen molar-refractivity contribution in [3.05, 3.63) is 71.3 Å². The molecule has 3 N–H and O–H groups in total. The molecule has 146 valence electrons. The number of hydrogen-bond donors (Lipinski definition) is 3. The molecular formula is C22H29NO4. The van der Waals surface area contributed by atoms with Gasteiger partial charge in [-0.2, -0.15) is 0 Å². The molecule has 1 amide bonds. The van der Waals surface area contributed by atoms with E-state index in [0.717, 1.165) is 24.8 Å². The smallest absolute Gasteiger partial charge is 0.407 e. The van der Waals surface area contributed by atoms with E-state index >= 15 is 0 Å². The zero-order chi connectivity index (χ0) is 19.5. The lowest BCUT2D eigenvalue weighted by molar-refractivity contribution is 0.0136. The van der Waals surface area contributed by atoms with Crippen LogP contribution < -0.4 is 5.32 Å². The van der Waals surface area contributed by atoms with Crippen LogP contribution in [0.15, 0.2) is 54.6 Å². The number of carbonyl (C=O) groups excluding carboxylic acids is 1. The van der Waals surface area contributed by atoms with Crippen LogP contribution in [0.5, 0.6) is 0 Å². The van der Waals surface area contributed by atoms with E-state index in [0.29, 0.717) is 5.56 Å². The average molecular weight is 371 g/mol. The van der Waals surface area contributed by atoms with E-state index in [1.165, 1.54) is 5.56 Å².